The summed E-state index contributed by atoms with van der Waals surface area (Å²) < 4.78 is 5.10. The first-order valence-electron chi connectivity index (χ1n) is 9.67. The number of benzene rings is 1. The highest BCUT2D eigenvalue weighted by atomic mass is 32.2. The van der Waals surface area contributed by atoms with E-state index in [4.69, 9.17) is 4.74 Å². The van der Waals surface area contributed by atoms with Gasteiger partial charge in [0, 0.05) is 11.5 Å². The average molecular weight is 441 g/mol. The Bertz CT molecular complexity index is 681. The monoisotopic (exact) mass is 440 g/mol. The molecule has 8 heteroatoms. The number of esters is 1. The Morgan fingerprint density at radius 2 is 1.79 bits per heavy atom. The van der Waals surface area contributed by atoms with Crippen LogP contribution in [0.1, 0.15) is 40.2 Å². The van der Waals surface area contributed by atoms with Crippen molar-refractivity contribution < 1.29 is 19.1 Å². The molecule has 0 aliphatic carbocycles. The molecule has 2 unspecified atom stereocenters. The number of hydrogen-bond donors (Lipinski definition) is 3. The molecule has 162 valence electrons. The third-order valence-electron chi connectivity index (χ3n) is 4.18. The molecule has 0 fully saturated rings. The lowest BCUT2D eigenvalue weighted by Gasteiger charge is -2.29. The zero-order valence-corrected chi connectivity index (χ0v) is 19.4. The number of carbonyl (C=O) groups excluding carboxylic acids is 3. The first-order valence-corrected chi connectivity index (χ1v) is 11.3. The third-order valence-corrected chi connectivity index (χ3v) is 6.11. The molecule has 0 heterocycles. The molecule has 2 N–H and O–H groups in total. The van der Waals surface area contributed by atoms with Crippen molar-refractivity contribution in [2.45, 2.75) is 57.2 Å². The van der Waals surface area contributed by atoms with Crippen molar-refractivity contribution in [3.05, 3.63) is 35.9 Å². The fourth-order valence-electron chi connectivity index (χ4n) is 2.36. The molecule has 1 aromatic rings. The summed E-state index contributed by atoms with van der Waals surface area (Å²) >= 11 is 5.82. The van der Waals surface area contributed by atoms with Crippen LogP contribution in [0.3, 0.4) is 0 Å². The van der Waals surface area contributed by atoms with E-state index in [1.807, 2.05) is 44.2 Å². The summed E-state index contributed by atoms with van der Waals surface area (Å²) in [6.07, 6.45) is 0. The minimum Gasteiger partial charge on any atom is -0.464 e. The summed E-state index contributed by atoms with van der Waals surface area (Å²) in [6, 6.07) is 9.07. The smallest absolute Gasteiger partial charge is 0.329 e. The lowest BCUT2D eigenvalue weighted by Crippen LogP contribution is -2.59. The minimum atomic E-state index is -1.19. The number of rotatable bonds is 11. The van der Waals surface area contributed by atoms with Gasteiger partial charge in [0.1, 0.15) is 11.6 Å². The topological polar surface area (TPSA) is 84.5 Å². The summed E-state index contributed by atoms with van der Waals surface area (Å²) in [4.78, 5) is 37.4. The zero-order chi connectivity index (χ0) is 22.0. The van der Waals surface area contributed by atoms with Gasteiger partial charge in [-0.25, -0.2) is 4.79 Å². The van der Waals surface area contributed by atoms with Crippen LogP contribution >= 0.6 is 24.4 Å². The van der Waals surface area contributed by atoms with E-state index in [-0.39, 0.29) is 18.4 Å². The molecule has 6 nitrogen and oxygen atoms in total. The van der Waals surface area contributed by atoms with Gasteiger partial charge >= 0.3 is 5.97 Å². The van der Waals surface area contributed by atoms with Gasteiger partial charge in [-0.15, -0.1) is 0 Å². The maximum absolute atomic E-state index is 12.8. The fraction of sp³-hybridized carbons (Fsp3) is 0.571. The second kappa shape index (κ2) is 12.1. The average Bonchev–Trinajstić information content (AvgIpc) is 2.66. The second-order valence-electron chi connectivity index (χ2n) is 7.58. The van der Waals surface area contributed by atoms with Gasteiger partial charge in [-0.05, 0) is 32.3 Å². The highest BCUT2D eigenvalue weighted by Crippen LogP contribution is 2.15. The van der Waals surface area contributed by atoms with Gasteiger partial charge in [-0.3, -0.25) is 9.59 Å². The van der Waals surface area contributed by atoms with Crippen LogP contribution in [-0.4, -0.2) is 47.0 Å². The Kier molecular flexibility index (Phi) is 10.6. The first kappa shape index (κ1) is 25.4. The van der Waals surface area contributed by atoms with Gasteiger partial charge in [0.15, 0.2) is 0 Å². The fourth-order valence-corrected chi connectivity index (χ4v) is 3.43. The Balaban J connectivity index is 2.73. The molecule has 0 aliphatic rings. The van der Waals surface area contributed by atoms with E-state index in [9.17, 15) is 14.4 Å². The molecule has 2 atom stereocenters. The van der Waals surface area contributed by atoms with Crippen LogP contribution in [0.5, 0.6) is 0 Å². The van der Waals surface area contributed by atoms with Crippen LogP contribution in [0, 0.1) is 5.92 Å². The van der Waals surface area contributed by atoms with Crippen molar-refractivity contribution in [1.29, 1.82) is 0 Å². The van der Waals surface area contributed by atoms with Crippen LogP contribution in [0.4, 0.5) is 0 Å². The van der Waals surface area contributed by atoms with Gasteiger partial charge in [0.05, 0.1) is 11.9 Å². The van der Waals surface area contributed by atoms with Gasteiger partial charge in [-0.2, -0.15) is 24.4 Å². The highest BCUT2D eigenvalue weighted by molar-refractivity contribution is 7.98. The lowest BCUT2D eigenvalue weighted by atomic mass is 10.0. The molecule has 29 heavy (non-hydrogen) atoms. The number of carbonyl (C=O) groups is 3. The molecule has 0 radical (unpaired) electrons. The summed E-state index contributed by atoms with van der Waals surface area (Å²) in [5.74, 6) is -0.160. The molecule has 0 aliphatic heterocycles. The molecule has 1 aromatic carbocycles. The molecule has 0 saturated heterocycles. The van der Waals surface area contributed by atoms with E-state index in [0.29, 0.717) is 11.5 Å². The number of thiol groups is 1. The van der Waals surface area contributed by atoms with Crippen LogP contribution in [-0.2, 0) is 24.9 Å². The van der Waals surface area contributed by atoms with Crippen LogP contribution in [0.25, 0.3) is 0 Å². The summed E-state index contributed by atoms with van der Waals surface area (Å²) in [6.45, 7) is 8.90. The van der Waals surface area contributed by atoms with E-state index in [1.165, 1.54) is 11.8 Å². The zero-order valence-electron chi connectivity index (χ0n) is 17.7. The molecule has 0 aromatic heterocycles. The van der Waals surface area contributed by atoms with Gasteiger partial charge in [-0.1, -0.05) is 44.2 Å². The van der Waals surface area contributed by atoms with Crippen molar-refractivity contribution in [3.63, 3.8) is 0 Å². The second-order valence-corrected chi connectivity index (χ2v) is 9.17. The maximum atomic E-state index is 12.8. The third kappa shape index (κ3) is 8.70. The summed E-state index contributed by atoms with van der Waals surface area (Å²) in [7, 11) is 0. The molecular formula is C21H32N2O4S2. The number of nitrogens with one attached hydrogen (secondary N) is 2. The largest absolute Gasteiger partial charge is 0.464 e. The van der Waals surface area contributed by atoms with Crippen molar-refractivity contribution in [1.82, 2.24) is 10.6 Å². The predicted octanol–water partition coefficient (Wildman–Crippen LogP) is 2.82. The van der Waals surface area contributed by atoms with Gasteiger partial charge < -0.3 is 15.4 Å². The van der Waals surface area contributed by atoms with Crippen LogP contribution in [0.2, 0.25) is 0 Å². The summed E-state index contributed by atoms with van der Waals surface area (Å²) in [5.41, 5.74) is -0.0607. The van der Waals surface area contributed by atoms with E-state index >= 15 is 0 Å². The summed E-state index contributed by atoms with van der Waals surface area (Å²) in [5, 5.41) is 4.91. The molecule has 0 spiro atoms. The lowest BCUT2D eigenvalue weighted by molar-refractivity contribution is -0.147. The molecule has 1 rings (SSSR count). The molecular weight excluding hydrogens is 408 g/mol. The Morgan fingerprint density at radius 3 is 2.34 bits per heavy atom. The first-order chi connectivity index (χ1) is 13.6. The Morgan fingerprint density at radius 1 is 1.17 bits per heavy atom. The van der Waals surface area contributed by atoms with Crippen molar-refractivity contribution >= 4 is 42.2 Å². The van der Waals surface area contributed by atoms with Gasteiger partial charge in [0.2, 0.25) is 11.8 Å². The number of amides is 2. The van der Waals surface area contributed by atoms with Crippen molar-refractivity contribution in [2.24, 2.45) is 5.92 Å². The van der Waals surface area contributed by atoms with Crippen molar-refractivity contribution in [3.8, 4) is 0 Å². The number of ether oxygens (including phenoxy) is 1. The Hall–Kier alpha value is -1.67. The molecule has 0 saturated carbocycles. The SMILES string of the molecule is CCOC(=O)C(CSCc1ccccc1)NC(=O)C(C)(C)NC(=O)C(S)C(C)C. The molecule has 2 amide bonds. The van der Waals surface area contributed by atoms with E-state index < -0.39 is 28.7 Å². The number of thioether (sulfide) groups is 1. The van der Waals surface area contributed by atoms with E-state index in [2.05, 4.69) is 23.3 Å². The quantitative estimate of drug-likeness (QED) is 0.364. The van der Waals surface area contributed by atoms with Crippen LogP contribution in [0.15, 0.2) is 30.3 Å². The van der Waals surface area contributed by atoms with Crippen LogP contribution < -0.4 is 10.6 Å². The van der Waals surface area contributed by atoms with Gasteiger partial charge in [0.25, 0.3) is 0 Å². The minimum absolute atomic E-state index is 0.0267. The normalized spacial score (nSPS) is 13.5. The standard InChI is InChI=1S/C21H32N2O4S2/c1-6-27-19(25)16(13-29-12-15-10-8-7-9-11-15)22-20(26)21(4,5)23-18(24)17(28)14(2)3/h7-11,14,16-17,28H,6,12-13H2,1-5H3,(H,22,26)(H,23,24). The Labute approximate surface area is 183 Å². The van der Waals surface area contributed by atoms with Crippen molar-refractivity contribution in [2.75, 3.05) is 12.4 Å². The predicted molar refractivity (Wildman–Crippen MR) is 121 cm³/mol. The highest BCUT2D eigenvalue weighted by Gasteiger charge is 2.34. The van der Waals surface area contributed by atoms with E-state index in [1.54, 1.807) is 20.8 Å². The maximum Gasteiger partial charge on any atom is 0.329 e. The van der Waals surface area contributed by atoms with E-state index in [0.717, 1.165) is 5.56 Å². The molecule has 0 bridgehead atoms. The number of hydrogen-bond acceptors (Lipinski definition) is 6.